The van der Waals surface area contributed by atoms with Crippen LogP contribution < -0.4 is 10.3 Å². The monoisotopic (exact) mass is 540 g/mol. The average Bonchev–Trinajstić information content (AvgIpc) is 3.38. The second-order valence-electron chi connectivity index (χ2n) is 10.9. The zero-order valence-electron chi connectivity index (χ0n) is 22.9. The molecule has 202 valence electrons. The zero-order chi connectivity index (χ0) is 28.3. The van der Waals surface area contributed by atoms with Crippen LogP contribution in [0.15, 0.2) is 106 Å². The van der Waals surface area contributed by atoms with Gasteiger partial charge in [0.2, 0.25) is 5.76 Å². The van der Waals surface area contributed by atoms with E-state index in [2.05, 4.69) is 0 Å². The molecule has 1 aromatic heterocycles. The van der Waals surface area contributed by atoms with Crippen LogP contribution in [0.25, 0.3) is 11.0 Å². The maximum atomic E-state index is 14.9. The lowest BCUT2D eigenvalue weighted by atomic mass is 9.83. The molecule has 4 aromatic carbocycles. The molecular formula is C35H28N2O4. The van der Waals surface area contributed by atoms with E-state index in [4.69, 9.17) is 4.42 Å². The summed E-state index contributed by atoms with van der Waals surface area (Å²) in [6.07, 6.45) is 0.516. The van der Waals surface area contributed by atoms with E-state index in [1.807, 2.05) is 98.8 Å². The highest BCUT2D eigenvalue weighted by Gasteiger charge is 2.64. The summed E-state index contributed by atoms with van der Waals surface area (Å²) >= 11 is 0. The van der Waals surface area contributed by atoms with Gasteiger partial charge in [-0.25, -0.2) is 0 Å². The quantitative estimate of drug-likeness (QED) is 0.278. The molecule has 2 aliphatic heterocycles. The number of hydrogen-bond acceptors (Lipinski definition) is 4. The lowest BCUT2D eigenvalue weighted by Crippen LogP contribution is -2.53. The predicted octanol–water partition coefficient (Wildman–Crippen LogP) is 5.90. The first-order chi connectivity index (χ1) is 19.9. The first kappa shape index (κ1) is 25.0. The second kappa shape index (κ2) is 9.30. The number of fused-ring (bicyclic) bond motifs is 5. The summed E-state index contributed by atoms with van der Waals surface area (Å²) in [6.45, 7) is 4.42. The Morgan fingerprint density at radius 1 is 0.756 bits per heavy atom. The van der Waals surface area contributed by atoms with Gasteiger partial charge in [-0.15, -0.1) is 0 Å². The molecule has 3 heterocycles. The first-order valence-electron chi connectivity index (χ1n) is 13.8. The van der Waals surface area contributed by atoms with Gasteiger partial charge in [-0.2, -0.15) is 0 Å². The Bertz CT molecular complexity index is 1910. The lowest BCUT2D eigenvalue weighted by Gasteiger charge is -2.34. The molecule has 0 N–H and O–H groups in total. The first-order valence-corrected chi connectivity index (χ1v) is 13.8. The van der Waals surface area contributed by atoms with Crippen molar-refractivity contribution in [3.05, 3.63) is 146 Å². The number of rotatable bonds is 5. The summed E-state index contributed by atoms with van der Waals surface area (Å²) in [5.41, 5.74) is 3.68. The summed E-state index contributed by atoms with van der Waals surface area (Å²) in [7, 11) is 0. The largest absolute Gasteiger partial charge is 0.450 e. The molecule has 0 fully saturated rings. The average molecular weight is 541 g/mol. The molecule has 0 radical (unpaired) electrons. The molecule has 7 rings (SSSR count). The van der Waals surface area contributed by atoms with Crippen molar-refractivity contribution in [3.63, 3.8) is 0 Å². The molecule has 6 heteroatoms. The topological polar surface area (TPSA) is 70.8 Å². The summed E-state index contributed by atoms with van der Waals surface area (Å²) < 4.78 is 6.26. The summed E-state index contributed by atoms with van der Waals surface area (Å²) in [5, 5.41) is 0.371. The molecule has 2 aliphatic rings. The highest BCUT2D eigenvalue weighted by Crippen LogP contribution is 2.53. The molecular weight excluding hydrogens is 512 g/mol. The van der Waals surface area contributed by atoms with E-state index in [0.717, 1.165) is 22.3 Å². The number of nitrogens with zero attached hydrogens (tertiary/aromatic N) is 2. The SMILES string of the molecule is Cc1cc2oc3c(c(=O)c2cc1C)C1(C(=O)N(Cc2ccccc2)c2ccccc21)N(CCc1ccccc1)C3=O. The molecule has 0 saturated heterocycles. The van der Waals surface area contributed by atoms with Gasteiger partial charge in [0.15, 0.2) is 11.0 Å². The molecule has 1 atom stereocenters. The van der Waals surface area contributed by atoms with Gasteiger partial charge >= 0.3 is 0 Å². The summed E-state index contributed by atoms with van der Waals surface area (Å²) in [4.78, 5) is 46.8. The van der Waals surface area contributed by atoms with Crippen molar-refractivity contribution < 1.29 is 14.0 Å². The Labute approximate surface area is 237 Å². The minimum absolute atomic E-state index is 0.0523. The van der Waals surface area contributed by atoms with Gasteiger partial charge in [-0.05, 0) is 60.7 Å². The molecule has 1 unspecified atom stereocenters. The number of carbonyl (C=O) groups is 2. The molecule has 0 saturated carbocycles. The van der Waals surface area contributed by atoms with Gasteiger partial charge < -0.3 is 14.2 Å². The van der Waals surface area contributed by atoms with E-state index in [1.54, 1.807) is 21.9 Å². The third-order valence-electron chi connectivity index (χ3n) is 8.50. The van der Waals surface area contributed by atoms with Gasteiger partial charge in [0, 0.05) is 12.1 Å². The van der Waals surface area contributed by atoms with Crippen molar-refractivity contribution in [3.8, 4) is 0 Å². The van der Waals surface area contributed by atoms with E-state index in [-0.39, 0.29) is 29.2 Å². The fraction of sp³-hybridized carbons (Fsp3) is 0.171. The van der Waals surface area contributed by atoms with Gasteiger partial charge in [0.1, 0.15) is 5.58 Å². The number of para-hydroxylation sites is 1. The van der Waals surface area contributed by atoms with Crippen LogP contribution in [0.5, 0.6) is 0 Å². The van der Waals surface area contributed by atoms with Crippen LogP contribution in [0, 0.1) is 13.8 Å². The number of hydrogen-bond donors (Lipinski definition) is 0. The lowest BCUT2D eigenvalue weighted by molar-refractivity contribution is -0.126. The summed E-state index contributed by atoms with van der Waals surface area (Å²) in [5.74, 6) is -0.820. The van der Waals surface area contributed by atoms with Crippen molar-refractivity contribution in [1.29, 1.82) is 0 Å². The minimum atomic E-state index is -1.62. The Morgan fingerprint density at radius 2 is 1.39 bits per heavy atom. The Kier molecular flexibility index (Phi) is 5.68. The van der Waals surface area contributed by atoms with E-state index in [0.29, 0.717) is 35.2 Å². The maximum Gasteiger partial charge on any atom is 0.291 e. The smallest absolute Gasteiger partial charge is 0.291 e. The predicted molar refractivity (Wildman–Crippen MR) is 158 cm³/mol. The molecule has 1 spiro atoms. The highest BCUT2D eigenvalue weighted by atomic mass is 16.3. The molecule has 2 amide bonds. The fourth-order valence-corrected chi connectivity index (χ4v) is 6.35. The van der Waals surface area contributed by atoms with Crippen LogP contribution in [0.3, 0.4) is 0 Å². The molecule has 0 bridgehead atoms. The van der Waals surface area contributed by atoms with E-state index >= 15 is 0 Å². The number of carbonyl (C=O) groups excluding carboxylic acids is 2. The van der Waals surface area contributed by atoms with E-state index in [1.165, 1.54) is 0 Å². The van der Waals surface area contributed by atoms with Crippen LogP contribution in [0.1, 0.15) is 43.9 Å². The normalized spacial score (nSPS) is 17.5. The zero-order valence-corrected chi connectivity index (χ0v) is 22.9. The van der Waals surface area contributed by atoms with Crippen LogP contribution in [-0.4, -0.2) is 23.3 Å². The molecule has 41 heavy (non-hydrogen) atoms. The Morgan fingerprint density at radius 3 is 2.12 bits per heavy atom. The number of anilines is 1. The van der Waals surface area contributed by atoms with Gasteiger partial charge in [-0.3, -0.25) is 14.4 Å². The highest BCUT2D eigenvalue weighted by molar-refractivity contribution is 6.17. The van der Waals surface area contributed by atoms with Crippen molar-refractivity contribution in [1.82, 2.24) is 4.90 Å². The standard InChI is InChI=1S/C35H28N2O4/c1-22-19-26-29(20-23(22)2)41-32-30(31(26)38)35(37(33(32)39)18-17-24-11-5-3-6-12-24)27-15-9-10-16-28(27)36(34(35)40)21-25-13-7-4-8-14-25/h3-16,19-20H,17-18,21H2,1-2H3. The number of aryl methyl sites for hydroxylation is 2. The molecule has 6 nitrogen and oxygen atoms in total. The maximum absolute atomic E-state index is 14.9. The van der Waals surface area contributed by atoms with E-state index < -0.39 is 11.4 Å². The van der Waals surface area contributed by atoms with Gasteiger partial charge in [0.25, 0.3) is 11.8 Å². The van der Waals surface area contributed by atoms with Gasteiger partial charge in [-0.1, -0.05) is 78.9 Å². The van der Waals surface area contributed by atoms with Crippen LogP contribution in [-0.2, 0) is 23.3 Å². The van der Waals surface area contributed by atoms with Crippen LogP contribution in [0.4, 0.5) is 5.69 Å². The van der Waals surface area contributed by atoms with Crippen LogP contribution in [0.2, 0.25) is 0 Å². The second-order valence-corrected chi connectivity index (χ2v) is 10.9. The van der Waals surface area contributed by atoms with Crippen molar-refractivity contribution in [2.24, 2.45) is 0 Å². The Balaban J connectivity index is 1.49. The summed E-state index contributed by atoms with van der Waals surface area (Å²) in [6, 6.07) is 30.6. The third-order valence-corrected chi connectivity index (χ3v) is 8.50. The van der Waals surface area contributed by atoms with Crippen molar-refractivity contribution in [2.75, 3.05) is 11.4 Å². The molecule has 0 aliphatic carbocycles. The molecule has 5 aromatic rings. The minimum Gasteiger partial charge on any atom is -0.450 e. The number of amides is 2. The third kappa shape index (κ3) is 3.60. The fourth-order valence-electron chi connectivity index (χ4n) is 6.35. The van der Waals surface area contributed by atoms with Crippen molar-refractivity contribution >= 4 is 28.5 Å². The van der Waals surface area contributed by atoms with Crippen LogP contribution >= 0.6 is 0 Å². The Hall–Kier alpha value is -4.97. The number of benzene rings is 4. The van der Waals surface area contributed by atoms with Crippen molar-refractivity contribution in [2.45, 2.75) is 32.4 Å². The van der Waals surface area contributed by atoms with E-state index in [9.17, 15) is 14.4 Å². The van der Waals surface area contributed by atoms with Gasteiger partial charge in [0.05, 0.1) is 23.2 Å².